The molecule has 1 fully saturated rings. The average molecular weight is 273 g/mol. The van der Waals surface area contributed by atoms with Crippen LogP contribution in [0.2, 0.25) is 0 Å². The van der Waals surface area contributed by atoms with Crippen molar-refractivity contribution in [2.24, 2.45) is 0 Å². The zero-order valence-corrected chi connectivity index (χ0v) is 11.3. The fourth-order valence-corrected chi connectivity index (χ4v) is 2.26. The van der Waals surface area contributed by atoms with Gasteiger partial charge < -0.3 is 19.9 Å². The number of rotatable bonds is 6. The first kappa shape index (κ1) is 13.7. The summed E-state index contributed by atoms with van der Waals surface area (Å²) < 4.78 is 18.5. The van der Waals surface area contributed by atoms with Crippen molar-refractivity contribution in [3.63, 3.8) is 0 Å². The maximum atomic E-state index is 9.82. The highest BCUT2D eigenvalue weighted by atomic mass is 32.1. The van der Waals surface area contributed by atoms with Gasteiger partial charge in [-0.15, -0.1) is 4.37 Å². The van der Waals surface area contributed by atoms with Crippen molar-refractivity contribution >= 4 is 11.7 Å². The van der Waals surface area contributed by atoms with E-state index in [1.165, 1.54) is 0 Å². The summed E-state index contributed by atoms with van der Waals surface area (Å²) in [5, 5.41) is 13.2. The third kappa shape index (κ3) is 4.16. The molecule has 0 radical (unpaired) electrons. The fraction of sp³-hybridized carbons (Fsp3) is 0.818. The molecule has 1 saturated heterocycles. The summed E-state index contributed by atoms with van der Waals surface area (Å²) in [5.74, 6) is 0.464. The van der Waals surface area contributed by atoms with E-state index in [-0.39, 0.29) is 12.1 Å². The van der Waals surface area contributed by atoms with Crippen LogP contribution in [0.1, 0.15) is 19.8 Å². The Kier molecular flexibility index (Phi) is 4.87. The number of ether oxygens (including phenoxy) is 2. The Morgan fingerprint density at radius 2 is 2.61 bits per heavy atom. The maximum Gasteiger partial charge on any atom is 0.245 e. The Morgan fingerprint density at radius 1 is 1.72 bits per heavy atom. The molecule has 1 aromatic heterocycles. The topological polar surface area (TPSA) is 76.5 Å². The molecule has 0 aromatic carbocycles. The van der Waals surface area contributed by atoms with Crippen molar-refractivity contribution < 1.29 is 14.6 Å². The van der Waals surface area contributed by atoms with Gasteiger partial charge in [-0.05, 0) is 19.8 Å². The molecule has 1 aromatic rings. The van der Waals surface area contributed by atoms with Gasteiger partial charge in [0.25, 0.3) is 0 Å². The van der Waals surface area contributed by atoms with E-state index in [9.17, 15) is 5.11 Å². The van der Waals surface area contributed by atoms with E-state index < -0.39 is 6.10 Å². The number of aromatic nitrogens is 2. The summed E-state index contributed by atoms with van der Waals surface area (Å²) in [7, 11) is 0. The lowest BCUT2D eigenvalue weighted by atomic mass is 9.95. The fourth-order valence-electron chi connectivity index (χ4n) is 1.90. The standard InChI is InChI=1S/C11H19N3O3S/c1-11(3-2-4-16-8-11)12-5-9(15)7-17-10-6-13-18-14-10/h6,9,12,15H,2-5,7-8H2,1H3. The summed E-state index contributed by atoms with van der Waals surface area (Å²) in [6.45, 7) is 4.34. The van der Waals surface area contributed by atoms with Crippen LogP contribution in [0.4, 0.5) is 0 Å². The molecule has 0 bridgehead atoms. The number of β-amino-alcohol motifs (C(OH)–C–C–N with tert-alkyl or cyclic N) is 1. The van der Waals surface area contributed by atoms with Crippen LogP contribution in [0, 0.1) is 0 Å². The lowest BCUT2D eigenvalue weighted by Gasteiger charge is -2.35. The van der Waals surface area contributed by atoms with E-state index in [1.54, 1.807) is 6.20 Å². The Bertz CT molecular complexity index is 341. The number of hydrogen-bond donors (Lipinski definition) is 2. The van der Waals surface area contributed by atoms with Crippen LogP contribution >= 0.6 is 11.7 Å². The molecule has 0 aliphatic carbocycles. The van der Waals surface area contributed by atoms with Crippen molar-refractivity contribution in [3.8, 4) is 5.88 Å². The Balaban J connectivity index is 1.66. The minimum Gasteiger partial charge on any atom is -0.473 e. The highest BCUT2D eigenvalue weighted by Gasteiger charge is 2.27. The van der Waals surface area contributed by atoms with Crippen molar-refractivity contribution in [1.29, 1.82) is 0 Å². The summed E-state index contributed by atoms with van der Waals surface area (Å²) in [4.78, 5) is 0. The van der Waals surface area contributed by atoms with Crippen molar-refractivity contribution in [2.75, 3.05) is 26.4 Å². The maximum absolute atomic E-state index is 9.82. The SMILES string of the molecule is CC1(NCC(O)COc2cnsn2)CCCOC1. The van der Waals surface area contributed by atoms with Gasteiger partial charge in [0, 0.05) is 18.7 Å². The number of aliphatic hydroxyl groups excluding tert-OH is 1. The second kappa shape index (κ2) is 6.42. The molecule has 2 atom stereocenters. The highest BCUT2D eigenvalue weighted by molar-refractivity contribution is 6.99. The van der Waals surface area contributed by atoms with Gasteiger partial charge in [-0.2, -0.15) is 4.37 Å². The molecule has 2 unspecified atom stereocenters. The van der Waals surface area contributed by atoms with Crippen LogP contribution in [0.25, 0.3) is 0 Å². The van der Waals surface area contributed by atoms with Crippen LogP contribution in [0.15, 0.2) is 6.20 Å². The molecular formula is C11H19N3O3S. The van der Waals surface area contributed by atoms with E-state index in [0.29, 0.717) is 19.0 Å². The van der Waals surface area contributed by atoms with E-state index >= 15 is 0 Å². The third-order valence-electron chi connectivity index (χ3n) is 2.97. The van der Waals surface area contributed by atoms with Crippen LogP contribution in [0.3, 0.4) is 0 Å². The van der Waals surface area contributed by atoms with Crippen LogP contribution in [-0.2, 0) is 4.74 Å². The number of nitrogens with one attached hydrogen (secondary N) is 1. The molecule has 18 heavy (non-hydrogen) atoms. The highest BCUT2D eigenvalue weighted by Crippen LogP contribution is 2.18. The Labute approximate surface area is 111 Å². The lowest BCUT2D eigenvalue weighted by Crippen LogP contribution is -2.51. The molecule has 1 aliphatic rings. The number of hydrogen-bond acceptors (Lipinski definition) is 7. The van der Waals surface area contributed by atoms with Gasteiger partial charge in [-0.1, -0.05) is 0 Å². The number of nitrogens with zero attached hydrogens (tertiary/aromatic N) is 2. The smallest absolute Gasteiger partial charge is 0.245 e. The first-order valence-corrected chi connectivity index (χ1v) is 6.82. The van der Waals surface area contributed by atoms with E-state index in [0.717, 1.165) is 31.2 Å². The molecule has 2 rings (SSSR count). The molecule has 0 spiro atoms. The predicted molar refractivity (Wildman–Crippen MR) is 67.9 cm³/mol. The van der Waals surface area contributed by atoms with Crippen LogP contribution in [0.5, 0.6) is 5.88 Å². The molecular weight excluding hydrogens is 254 g/mol. The van der Waals surface area contributed by atoms with E-state index in [4.69, 9.17) is 9.47 Å². The van der Waals surface area contributed by atoms with Gasteiger partial charge in [-0.3, -0.25) is 0 Å². The minimum atomic E-state index is -0.564. The normalized spacial score (nSPS) is 25.9. The Morgan fingerprint density at radius 3 is 3.28 bits per heavy atom. The zero-order chi connectivity index (χ0) is 12.8. The summed E-state index contributed by atoms with van der Waals surface area (Å²) in [6.07, 6.45) is 3.10. The van der Waals surface area contributed by atoms with Gasteiger partial charge in [0.2, 0.25) is 5.88 Å². The van der Waals surface area contributed by atoms with Gasteiger partial charge in [-0.25, -0.2) is 0 Å². The van der Waals surface area contributed by atoms with Gasteiger partial charge in [0.15, 0.2) is 0 Å². The van der Waals surface area contributed by atoms with Crippen molar-refractivity contribution in [3.05, 3.63) is 6.20 Å². The third-order valence-corrected chi connectivity index (χ3v) is 3.43. The lowest BCUT2D eigenvalue weighted by molar-refractivity contribution is 0.0182. The molecule has 6 nitrogen and oxygen atoms in total. The molecule has 2 N–H and O–H groups in total. The first-order valence-electron chi connectivity index (χ1n) is 6.09. The summed E-state index contributed by atoms with van der Waals surface area (Å²) in [6, 6.07) is 0. The number of aliphatic hydroxyl groups is 1. The Hall–Kier alpha value is -0.760. The van der Waals surface area contributed by atoms with E-state index in [1.807, 2.05) is 0 Å². The second-order valence-corrected chi connectivity index (χ2v) is 5.36. The molecule has 2 heterocycles. The predicted octanol–water partition coefficient (Wildman–Crippen LogP) is 0.436. The van der Waals surface area contributed by atoms with Gasteiger partial charge in [0.1, 0.15) is 18.9 Å². The molecule has 1 aliphatic heterocycles. The monoisotopic (exact) mass is 273 g/mol. The largest absolute Gasteiger partial charge is 0.473 e. The van der Waals surface area contributed by atoms with Gasteiger partial charge >= 0.3 is 0 Å². The molecule has 102 valence electrons. The minimum absolute atomic E-state index is 0.0403. The summed E-state index contributed by atoms with van der Waals surface area (Å²) >= 11 is 1.09. The average Bonchev–Trinajstić information content (AvgIpc) is 2.88. The van der Waals surface area contributed by atoms with Crippen molar-refractivity contribution in [1.82, 2.24) is 14.1 Å². The van der Waals surface area contributed by atoms with Crippen molar-refractivity contribution in [2.45, 2.75) is 31.4 Å². The van der Waals surface area contributed by atoms with Crippen LogP contribution < -0.4 is 10.1 Å². The molecule has 0 saturated carbocycles. The molecule has 7 heteroatoms. The quantitative estimate of drug-likeness (QED) is 0.783. The zero-order valence-electron chi connectivity index (χ0n) is 10.5. The van der Waals surface area contributed by atoms with Gasteiger partial charge in [0.05, 0.1) is 18.3 Å². The van der Waals surface area contributed by atoms with E-state index in [2.05, 4.69) is 21.0 Å². The first-order chi connectivity index (χ1) is 8.68. The molecule has 0 amide bonds. The summed E-state index contributed by atoms with van der Waals surface area (Å²) in [5.41, 5.74) is -0.0403. The van der Waals surface area contributed by atoms with Crippen LogP contribution in [-0.4, -0.2) is 51.9 Å². The second-order valence-electron chi connectivity index (χ2n) is 4.81.